The molecule has 2 aromatic rings. The molecule has 4 heteroatoms. The summed E-state index contributed by atoms with van der Waals surface area (Å²) < 4.78 is 9.95. The topological polar surface area (TPSA) is 51.3 Å². The van der Waals surface area contributed by atoms with Gasteiger partial charge in [0.15, 0.2) is 0 Å². The van der Waals surface area contributed by atoms with Crippen LogP contribution >= 0.6 is 0 Å². The zero-order chi connectivity index (χ0) is 12.4. The third kappa shape index (κ3) is 1.86. The standard InChI is InChI=1S/C13H15NO3/c1-4-9-10-7-8(16-2)5-6-11(10)14-12(9)13(15)17-3/h5-7,14H,4H2,1-3H3. The number of esters is 1. The van der Waals surface area contributed by atoms with Crippen molar-refractivity contribution >= 4 is 16.9 Å². The van der Waals surface area contributed by atoms with Crippen LogP contribution in [0.2, 0.25) is 0 Å². The number of nitrogens with one attached hydrogen (secondary N) is 1. The van der Waals surface area contributed by atoms with Crippen LogP contribution in [-0.2, 0) is 11.2 Å². The summed E-state index contributed by atoms with van der Waals surface area (Å²) in [6.45, 7) is 2.01. The number of aromatic amines is 1. The highest BCUT2D eigenvalue weighted by Gasteiger charge is 2.17. The maximum absolute atomic E-state index is 11.6. The highest BCUT2D eigenvalue weighted by atomic mass is 16.5. The number of fused-ring (bicyclic) bond motifs is 1. The highest BCUT2D eigenvalue weighted by Crippen LogP contribution is 2.27. The normalized spacial score (nSPS) is 10.5. The van der Waals surface area contributed by atoms with Gasteiger partial charge in [-0.05, 0) is 30.2 Å². The van der Waals surface area contributed by atoms with E-state index >= 15 is 0 Å². The molecule has 0 amide bonds. The lowest BCUT2D eigenvalue weighted by molar-refractivity contribution is 0.0594. The lowest BCUT2D eigenvalue weighted by Crippen LogP contribution is -2.04. The Bertz CT molecular complexity index is 557. The van der Waals surface area contributed by atoms with Gasteiger partial charge in [0.2, 0.25) is 0 Å². The average Bonchev–Trinajstić information content (AvgIpc) is 2.74. The third-order valence-corrected chi connectivity index (χ3v) is 2.86. The number of methoxy groups -OCH3 is 2. The van der Waals surface area contributed by atoms with Crippen LogP contribution in [0.1, 0.15) is 23.0 Å². The van der Waals surface area contributed by atoms with Crippen LogP contribution in [0.15, 0.2) is 18.2 Å². The zero-order valence-corrected chi connectivity index (χ0v) is 10.2. The molecule has 1 aromatic heterocycles. The van der Waals surface area contributed by atoms with E-state index in [1.165, 1.54) is 7.11 Å². The molecule has 0 aliphatic heterocycles. The number of carbonyl (C=O) groups excluding carboxylic acids is 1. The summed E-state index contributed by atoms with van der Waals surface area (Å²) in [7, 11) is 3.01. The van der Waals surface area contributed by atoms with Crippen molar-refractivity contribution in [2.45, 2.75) is 13.3 Å². The van der Waals surface area contributed by atoms with Crippen molar-refractivity contribution in [1.82, 2.24) is 4.98 Å². The van der Waals surface area contributed by atoms with Crippen LogP contribution in [-0.4, -0.2) is 25.2 Å². The minimum Gasteiger partial charge on any atom is -0.497 e. The SMILES string of the molecule is CCc1c(C(=O)OC)[nH]c2ccc(OC)cc12. The van der Waals surface area contributed by atoms with Crippen LogP contribution in [0, 0.1) is 0 Å². The van der Waals surface area contributed by atoms with E-state index < -0.39 is 0 Å². The van der Waals surface area contributed by atoms with Gasteiger partial charge in [0.25, 0.3) is 0 Å². The number of ether oxygens (including phenoxy) is 2. The molecule has 0 aliphatic carbocycles. The Balaban J connectivity index is 2.67. The van der Waals surface area contributed by atoms with Crippen molar-refractivity contribution in [3.05, 3.63) is 29.5 Å². The van der Waals surface area contributed by atoms with E-state index in [4.69, 9.17) is 9.47 Å². The van der Waals surface area contributed by atoms with Gasteiger partial charge >= 0.3 is 5.97 Å². The number of hydrogen-bond acceptors (Lipinski definition) is 3. The molecule has 90 valence electrons. The van der Waals surface area contributed by atoms with Crippen molar-refractivity contribution in [1.29, 1.82) is 0 Å². The van der Waals surface area contributed by atoms with Gasteiger partial charge in [-0.25, -0.2) is 4.79 Å². The minimum absolute atomic E-state index is 0.336. The number of benzene rings is 1. The van der Waals surface area contributed by atoms with Crippen molar-refractivity contribution in [2.24, 2.45) is 0 Å². The number of aromatic nitrogens is 1. The number of H-pyrrole nitrogens is 1. The van der Waals surface area contributed by atoms with Crippen LogP contribution in [0.25, 0.3) is 10.9 Å². The first-order chi connectivity index (χ1) is 8.21. The second-order valence-electron chi connectivity index (χ2n) is 3.74. The summed E-state index contributed by atoms with van der Waals surface area (Å²) in [4.78, 5) is 14.7. The van der Waals surface area contributed by atoms with Crippen molar-refractivity contribution < 1.29 is 14.3 Å². The first-order valence-electron chi connectivity index (χ1n) is 5.48. The molecule has 1 heterocycles. The van der Waals surface area contributed by atoms with Gasteiger partial charge in [-0.15, -0.1) is 0 Å². The Kier molecular flexibility index (Phi) is 3.04. The molecule has 0 unspecified atom stereocenters. The fraction of sp³-hybridized carbons (Fsp3) is 0.308. The predicted octanol–water partition coefficient (Wildman–Crippen LogP) is 2.53. The summed E-state index contributed by atoms with van der Waals surface area (Å²) in [6.07, 6.45) is 0.762. The maximum atomic E-state index is 11.6. The Morgan fingerprint density at radius 2 is 2.12 bits per heavy atom. The lowest BCUT2D eigenvalue weighted by atomic mass is 10.1. The van der Waals surface area contributed by atoms with Crippen molar-refractivity contribution in [3.63, 3.8) is 0 Å². The number of carbonyl (C=O) groups is 1. The zero-order valence-electron chi connectivity index (χ0n) is 10.2. The van der Waals surface area contributed by atoms with Gasteiger partial charge < -0.3 is 14.5 Å². The summed E-state index contributed by atoms with van der Waals surface area (Å²) in [5, 5.41) is 1.01. The second kappa shape index (κ2) is 4.49. The lowest BCUT2D eigenvalue weighted by Gasteiger charge is -2.01. The van der Waals surface area contributed by atoms with Crippen molar-refractivity contribution in [2.75, 3.05) is 14.2 Å². The van der Waals surface area contributed by atoms with E-state index in [2.05, 4.69) is 4.98 Å². The molecule has 1 aromatic carbocycles. The quantitative estimate of drug-likeness (QED) is 0.829. The number of rotatable bonds is 3. The fourth-order valence-electron chi connectivity index (χ4n) is 2.00. The van der Waals surface area contributed by atoms with Gasteiger partial charge in [-0.2, -0.15) is 0 Å². The summed E-state index contributed by atoms with van der Waals surface area (Å²) >= 11 is 0. The fourth-order valence-corrected chi connectivity index (χ4v) is 2.00. The van der Waals surface area contributed by atoms with E-state index in [0.29, 0.717) is 5.69 Å². The number of hydrogen-bond donors (Lipinski definition) is 1. The molecule has 0 saturated carbocycles. The number of aryl methyl sites for hydroxylation is 1. The molecule has 0 saturated heterocycles. The van der Waals surface area contributed by atoms with Crippen LogP contribution < -0.4 is 4.74 Å². The van der Waals surface area contributed by atoms with E-state index in [-0.39, 0.29) is 5.97 Å². The molecular formula is C13H15NO3. The largest absolute Gasteiger partial charge is 0.497 e. The smallest absolute Gasteiger partial charge is 0.354 e. The molecule has 2 rings (SSSR count). The van der Waals surface area contributed by atoms with E-state index in [1.807, 2.05) is 25.1 Å². The molecule has 0 atom stereocenters. The molecular weight excluding hydrogens is 218 g/mol. The molecule has 0 spiro atoms. The van der Waals surface area contributed by atoms with E-state index in [9.17, 15) is 4.79 Å². The monoisotopic (exact) mass is 233 g/mol. The van der Waals surface area contributed by atoms with Gasteiger partial charge in [0.1, 0.15) is 11.4 Å². The molecule has 0 bridgehead atoms. The Hall–Kier alpha value is -1.97. The summed E-state index contributed by atoms with van der Waals surface area (Å²) in [5.74, 6) is 0.444. The second-order valence-corrected chi connectivity index (χ2v) is 3.74. The first-order valence-corrected chi connectivity index (χ1v) is 5.48. The van der Waals surface area contributed by atoms with Gasteiger partial charge in [0, 0.05) is 10.9 Å². The predicted molar refractivity (Wildman–Crippen MR) is 65.6 cm³/mol. The van der Waals surface area contributed by atoms with Crippen LogP contribution in [0.4, 0.5) is 0 Å². The maximum Gasteiger partial charge on any atom is 0.354 e. The highest BCUT2D eigenvalue weighted by molar-refractivity contribution is 5.98. The summed E-state index contributed by atoms with van der Waals surface area (Å²) in [6, 6.07) is 5.69. The molecule has 1 N–H and O–H groups in total. The Morgan fingerprint density at radius 3 is 2.71 bits per heavy atom. The van der Waals surface area contributed by atoms with Gasteiger partial charge in [0.05, 0.1) is 14.2 Å². The van der Waals surface area contributed by atoms with Gasteiger partial charge in [-0.1, -0.05) is 6.92 Å². The third-order valence-electron chi connectivity index (χ3n) is 2.86. The van der Waals surface area contributed by atoms with Crippen LogP contribution in [0.3, 0.4) is 0 Å². The summed E-state index contributed by atoms with van der Waals surface area (Å²) in [5.41, 5.74) is 2.41. The van der Waals surface area contributed by atoms with E-state index in [0.717, 1.165) is 28.6 Å². The van der Waals surface area contributed by atoms with Gasteiger partial charge in [-0.3, -0.25) is 0 Å². The van der Waals surface area contributed by atoms with E-state index in [1.54, 1.807) is 7.11 Å². The Morgan fingerprint density at radius 1 is 1.35 bits per heavy atom. The minimum atomic E-state index is -0.336. The molecule has 4 nitrogen and oxygen atoms in total. The Labute approximate surface area is 99.5 Å². The molecule has 0 radical (unpaired) electrons. The molecule has 0 aliphatic rings. The van der Waals surface area contributed by atoms with Crippen molar-refractivity contribution in [3.8, 4) is 5.75 Å². The van der Waals surface area contributed by atoms with Crippen LogP contribution in [0.5, 0.6) is 5.75 Å². The average molecular weight is 233 g/mol. The first kappa shape index (κ1) is 11.5. The molecule has 17 heavy (non-hydrogen) atoms. The molecule has 0 fully saturated rings.